The van der Waals surface area contributed by atoms with Gasteiger partial charge in [-0.05, 0) is 0 Å². The smallest absolute Gasteiger partial charge is 0.303 e. The van der Waals surface area contributed by atoms with E-state index in [2.05, 4.69) is 0 Å². The molecule has 2 N–H and O–H groups in total. The number of hydrogen-bond donors (Lipinski definition) is 2. The summed E-state index contributed by atoms with van der Waals surface area (Å²) in [7, 11) is 0. The van der Waals surface area contributed by atoms with Gasteiger partial charge in [0.1, 0.15) is 0 Å². The lowest BCUT2D eigenvalue weighted by Crippen LogP contribution is -2.25. The Kier molecular flexibility index (Phi) is 4.39. The molecule has 0 fully saturated rings. The lowest BCUT2D eigenvalue weighted by Gasteiger charge is -1.98. The van der Waals surface area contributed by atoms with E-state index in [9.17, 15) is 14.4 Å². The lowest BCUT2D eigenvalue weighted by molar-refractivity contribution is -0.169. The zero-order valence-corrected chi connectivity index (χ0v) is 6.93. The van der Waals surface area contributed by atoms with Crippen molar-refractivity contribution >= 4 is 17.8 Å². The van der Waals surface area contributed by atoms with Gasteiger partial charge in [-0.15, -0.1) is 5.06 Å². The molecule has 2 amide bonds. The number of nitrogens with zero attached hydrogens (tertiary/aromatic N) is 1. The number of rotatable bonds is 1. The average Bonchev–Trinajstić information content (AvgIpc) is 2.37. The van der Waals surface area contributed by atoms with Crippen molar-refractivity contribution in [2.45, 2.75) is 13.3 Å². The van der Waals surface area contributed by atoms with Crippen LogP contribution in [0.3, 0.4) is 0 Å². The van der Waals surface area contributed by atoms with Crippen LogP contribution in [0.5, 0.6) is 0 Å². The fourth-order valence-electron chi connectivity index (χ4n) is 0.392. The van der Waals surface area contributed by atoms with Crippen molar-refractivity contribution in [3.05, 3.63) is 12.2 Å². The van der Waals surface area contributed by atoms with Crippen LogP contribution in [-0.2, 0) is 14.4 Å². The van der Waals surface area contributed by atoms with Crippen molar-refractivity contribution in [3.8, 4) is 0 Å². The first-order valence-corrected chi connectivity index (χ1v) is 3.45. The Morgan fingerprint density at radius 2 is 1.69 bits per heavy atom. The Morgan fingerprint density at radius 1 is 1.38 bits per heavy atom. The topological polar surface area (TPSA) is 94.9 Å². The first-order valence-electron chi connectivity index (χ1n) is 3.45. The quantitative estimate of drug-likeness (QED) is 0.437. The van der Waals surface area contributed by atoms with E-state index in [-0.39, 0.29) is 11.5 Å². The summed E-state index contributed by atoms with van der Waals surface area (Å²) in [5, 5.41) is 16.1. The number of carboxylic acids is 1. The molecule has 0 radical (unpaired) electrons. The average molecular weight is 187 g/mol. The third kappa shape index (κ3) is 4.02. The van der Waals surface area contributed by atoms with E-state index >= 15 is 0 Å². The first-order chi connectivity index (χ1) is 5.99. The summed E-state index contributed by atoms with van der Waals surface area (Å²) < 4.78 is 0. The molecular weight excluding hydrogens is 178 g/mol. The summed E-state index contributed by atoms with van der Waals surface area (Å²) in [6.45, 7) is 1.60. The Balaban J connectivity index is 0.000000252. The van der Waals surface area contributed by atoms with E-state index in [1.165, 1.54) is 0 Å². The van der Waals surface area contributed by atoms with Gasteiger partial charge < -0.3 is 5.11 Å². The highest BCUT2D eigenvalue weighted by atomic mass is 16.5. The minimum atomic E-state index is -0.745. The number of carboxylic acid groups (broad SMARTS) is 1. The molecule has 0 aromatic rings. The molecule has 0 unspecified atom stereocenters. The lowest BCUT2D eigenvalue weighted by atomic mass is 10.5. The number of carbonyl (C=O) groups is 3. The monoisotopic (exact) mass is 187 g/mol. The molecule has 0 spiro atoms. The van der Waals surface area contributed by atoms with Crippen LogP contribution < -0.4 is 0 Å². The molecule has 1 aliphatic heterocycles. The second-order valence-electron chi connectivity index (χ2n) is 2.07. The van der Waals surface area contributed by atoms with E-state index in [1.54, 1.807) is 6.92 Å². The molecule has 0 saturated carbocycles. The summed E-state index contributed by atoms with van der Waals surface area (Å²) in [6.07, 6.45) is 2.23. The highest BCUT2D eigenvalue weighted by Crippen LogP contribution is 1.96. The third-order valence-corrected chi connectivity index (χ3v) is 1.09. The Labute approximate surface area is 74.0 Å². The van der Waals surface area contributed by atoms with Gasteiger partial charge >= 0.3 is 5.97 Å². The van der Waals surface area contributed by atoms with Gasteiger partial charge in [-0.2, -0.15) is 0 Å². The zero-order valence-electron chi connectivity index (χ0n) is 6.93. The highest BCUT2D eigenvalue weighted by Gasteiger charge is 2.20. The van der Waals surface area contributed by atoms with Crippen molar-refractivity contribution in [3.63, 3.8) is 0 Å². The molecule has 6 heteroatoms. The standard InChI is InChI=1S/C4H3NO3.C3H6O2/c6-3-1-2-4(7)5(3)8;1-2-3(4)5/h1-2,8H;2H2,1H3,(H,4,5). The molecule has 0 saturated heterocycles. The van der Waals surface area contributed by atoms with Crippen molar-refractivity contribution in [1.29, 1.82) is 0 Å². The van der Waals surface area contributed by atoms with Crippen LogP contribution in [-0.4, -0.2) is 33.2 Å². The summed E-state index contributed by atoms with van der Waals surface area (Å²) >= 11 is 0. The van der Waals surface area contributed by atoms with E-state index in [4.69, 9.17) is 10.3 Å². The maximum Gasteiger partial charge on any atom is 0.303 e. The summed E-state index contributed by atoms with van der Waals surface area (Å²) in [4.78, 5) is 29.7. The number of amides is 2. The second-order valence-corrected chi connectivity index (χ2v) is 2.07. The van der Waals surface area contributed by atoms with Gasteiger partial charge in [0.05, 0.1) is 0 Å². The van der Waals surface area contributed by atoms with E-state index in [0.29, 0.717) is 0 Å². The molecule has 0 aromatic heterocycles. The van der Waals surface area contributed by atoms with Crippen LogP contribution >= 0.6 is 0 Å². The van der Waals surface area contributed by atoms with Crippen molar-refractivity contribution < 1.29 is 24.7 Å². The molecule has 72 valence electrons. The second kappa shape index (κ2) is 5.04. The fraction of sp³-hybridized carbons (Fsp3) is 0.286. The maximum atomic E-state index is 10.2. The minimum absolute atomic E-state index is 0.0556. The highest BCUT2D eigenvalue weighted by molar-refractivity contribution is 6.11. The van der Waals surface area contributed by atoms with Crippen LogP contribution in [0, 0.1) is 0 Å². The molecule has 0 aromatic carbocycles. The van der Waals surface area contributed by atoms with Gasteiger partial charge in [-0.25, -0.2) is 0 Å². The summed E-state index contributed by atoms with van der Waals surface area (Å²) in [5.41, 5.74) is 0. The van der Waals surface area contributed by atoms with Gasteiger partial charge in [0, 0.05) is 18.6 Å². The molecule has 1 aliphatic rings. The molecule has 1 rings (SSSR count). The summed E-state index contributed by atoms with van der Waals surface area (Å²) in [6, 6.07) is 0. The van der Waals surface area contributed by atoms with Crippen LogP contribution in [0.1, 0.15) is 13.3 Å². The molecule has 1 heterocycles. The molecule has 6 nitrogen and oxygen atoms in total. The van der Waals surface area contributed by atoms with Crippen LogP contribution in [0.15, 0.2) is 12.2 Å². The van der Waals surface area contributed by atoms with Gasteiger partial charge in [0.2, 0.25) is 0 Å². The van der Waals surface area contributed by atoms with E-state index in [0.717, 1.165) is 12.2 Å². The number of aliphatic carboxylic acids is 1. The SMILES string of the molecule is CCC(=O)O.O=C1C=CC(=O)N1O. The van der Waals surface area contributed by atoms with Crippen LogP contribution in [0.2, 0.25) is 0 Å². The predicted molar refractivity (Wildman–Crippen MR) is 40.7 cm³/mol. The largest absolute Gasteiger partial charge is 0.481 e. The first kappa shape index (κ1) is 11.3. The maximum absolute atomic E-state index is 10.2. The summed E-state index contributed by atoms with van der Waals surface area (Å²) in [5.74, 6) is -2.12. The van der Waals surface area contributed by atoms with Gasteiger partial charge in [0.25, 0.3) is 11.8 Å². The normalized spacial score (nSPS) is 14.2. The molecular formula is C7H9NO5. The minimum Gasteiger partial charge on any atom is -0.481 e. The zero-order chi connectivity index (χ0) is 10.4. The van der Waals surface area contributed by atoms with Crippen LogP contribution in [0.25, 0.3) is 0 Å². The molecule has 0 aliphatic carbocycles. The van der Waals surface area contributed by atoms with Crippen molar-refractivity contribution in [1.82, 2.24) is 5.06 Å². The van der Waals surface area contributed by atoms with Gasteiger partial charge in [0.15, 0.2) is 0 Å². The van der Waals surface area contributed by atoms with Crippen LogP contribution in [0.4, 0.5) is 0 Å². The number of imide groups is 1. The molecule has 0 bridgehead atoms. The molecule has 13 heavy (non-hydrogen) atoms. The number of hydroxylamine groups is 2. The Bertz CT molecular complexity index is 240. The van der Waals surface area contributed by atoms with Crippen molar-refractivity contribution in [2.24, 2.45) is 0 Å². The van der Waals surface area contributed by atoms with Gasteiger partial charge in [-0.3, -0.25) is 19.6 Å². The number of carbonyl (C=O) groups excluding carboxylic acids is 2. The predicted octanol–water partition coefficient (Wildman–Crippen LogP) is -0.218. The fourth-order valence-corrected chi connectivity index (χ4v) is 0.392. The van der Waals surface area contributed by atoms with Gasteiger partial charge in [-0.1, -0.05) is 6.92 Å². The Hall–Kier alpha value is -1.69. The third-order valence-electron chi connectivity index (χ3n) is 1.09. The van der Waals surface area contributed by atoms with E-state index in [1.807, 2.05) is 0 Å². The number of hydrogen-bond acceptors (Lipinski definition) is 4. The van der Waals surface area contributed by atoms with Crippen molar-refractivity contribution in [2.75, 3.05) is 0 Å². The Morgan fingerprint density at radius 3 is 1.77 bits per heavy atom. The molecule has 0 atom stereocenters. The van der Waals surface area contributed by atoms with E-state index < -0.39 is 17.8 Å².